The molecule has 0 unspecified atom stereocenters. The zero-order chi connectivity index (χ0) is 23.3. The molecule has 3 aromatic heterocycles. The molecule has 1 amide bonds. The maximum absolute atomic E-state index is 12.9. The maximum atomic E-state index is 12.9. The normalized spacial score (nSPS) is 10.9. The van der Waals surface area contributed by atoms with Crippen LogP contribution in [-0.4, -0.2) is 20.9 Å². The van der Waals surface area contributed by atoms with Gasteiger partial charge in [-0.1, -0.05) is 47.7 Å². The van der Waals surface area contributed by atoms with Crippen LogP contribution < -0.4 is 11.1 Å². The molecule has 0 aliphatic carbocycles. The highest BCUT2D eigenvalue weighted by molar-refractivity contribution is 7.17. The summed E-state index contributed by atoms with van der Waals surface area (Å²) in [7, 11) is 0. The number of hydrogen-bond acceptors (Lipinski definition) is 6. The molecule has 0 atom stereocenters. The first-order valence-corrected chi connectivity index (χ1v) is 12.6. The minimum atomic E-state index is -0.193. The number of aromatic nitrogens is 3. The average Bonchev–Trinajstić information content (AvgIpc) is 3.63. The molecule has 5 rings (SSSR count). The van der Waals surface area contributed by atoms with E-state index in [4.69, 9.17) is 5.73 Å². The largest absolute Gasteiger partial charge is 0.397 e. The second-order valence-electron chi connectivity index (χ2n) is 7.85. The molecule has 0 fully saturated rings. The van der Waals surface area contributed by atoms with E-state index >= 15 is 0 Å². The predicted octanol–water partition coefficient (Wildman–Crippen LogP) is 6.20. The Bertz CT molecular complexity index is 1390. The van der Waals surface area contributed by atoms with Gasteiger partial charge in [-0.3, -0.25) is 9.48 Å². The monoisotopic (exact) mass is 485 g/mol. The van der Waals surface area contributed by atoms with E-state index in [0.717, 1.165) is 40.4 Å². The van der Waals surface area contributed by atoms with Crippen LogP contribution in [0.25, 0.3) is 21.0 Å². The molecule has 6 nitrogen and oxygen atoms in total. The Kier molecular flexibility index (Phi) is 6.51. The molecule has 0 radical (unpaired) electrons. The maximum Gasteiger partial charge on any atom is 0.265 e. The van der Waals surface area contributed by atoms with Crippen molar-refractivity contribution in [1.29, 1.82) is 0 Å². The SMILES string of the molecule is Nc1ccc(-c2cccs2)cc1NC(=O)c1ccc(-c2cn(CCCc3ccccc3)nn2)s1. The Morgan fingerprint density at radius 2 is 1.88 bits per heavy atom. The number of nitrogens with two attached hydrogens (primary N) is 1. The van der Waals surface area contributed by atoms with Crippen LogP contribution in [-0.2, 0) is 13.0 Å². The smallest absolute Gasteiger partial charge is 0.265 e. The zero-order valence-electron chi connectivity index (χ0n) is 18.3. The highest BCUT2D eigenvalue weighted by Gasteiger charge is 2.14. The fourth-order valence-electron chi connectivity index (χ4n) is 3.65. The molecular formula is C26H23N5OS2. The summed E-state index contributed by atoms with van der Waals surface area (Å²) in [4.78, 5) is 15.5. The Morgan fingerprint density at radius 1 is 1.00 bits per heavy atom. The predicted molar refractivity (Wildman–Crippen MR) is 140 cm³/mol. The number of benzene rings is 2. The topological polar surface area (TPSA) is 85.8 Å². The summed E-state index contributed by atoms with van der Waals surface area (Å²) in [5.74, 6) is -0.193. The summed E-state index contributed by atoms with van der Waals surface area (Å²) in [6, 6.07) is 23.9. The lowest BCUT2D eigenvalue weighted by molar-refractivity contribution is 0.103. The highest BCUT2D eigenvalue weighted by atomic mass is 32.1. The number of nitrogens with one attached hydrogen (secondary N) is 1. The number of rotatable bonds is 8. The van der Waals surface area contributed by atoms with Crippen molar-refractivity contribution < 1.29 is 4.79 Å². The molecule has 0 aliphatic rings. The van der Waals surface area contributed by atoms with Crippen molar-refractivity contribution in [2.24, 2.45) is 0 Å². The summed E-state index contributed by atoms with van der Waals surface area (Å²) in [5, 5.41) is 13.5. The van der Waals surface area contributed by atoms with E-state index in [9.17, 15) is 4.79 Å². The molecular weight excluding hydrogens is 462 g/mol. The molecule has 34 heavy (non-hydrogen) atoms. The third-order valence-corrected chi connectivity index (χ3v) is 7.45. The number of aryl methyl sites for hydroxylation is 2. The van der Waals surface area contributed by atoms with Crippen LogP contribution in [0, 0.1) is 0 Å². The first-order valence-electron chi connectivity index (χ1n) is 10.9. The number of nitrogens with zero attached hydrogens (tertiary/aromatic N) is 3. The fourth-order valence-corrected chi connectivity index (χ4v) is 5.23. The Balaban J connectivity index is 1.23. The first kappa shape index (κ1) is 22.1. The minimum Gasteiger partial charge on any atom is -0.397 e. The van der Waals surface area contributed by atoms with Gasteiger partial charge in [0.2, 0.25) is 0 Å². The van der Waals surface area contributed by atoms with Crippen LogP contribution in [0.4, 0.5) is 11.4 Å². The van der Waals surface area contributed by atoms with Crippen molar-refractivity contribution in [3.05, 3.63) is 94.8 Å². The number of nitrogen functional groups attached to an aromatic ring is 1. The molecule has 0 saturated heterocycles. The van der Waals surface area contributed by atoms with Crippen molar-refractivity contribution >= 4 is 40.0 Å². The van der Waals surface area contributed by atoms with Gasteiger partial charge < -0.3 is 11.1 Å². The van der Waals surface area contributed by atoms with Gasteiger partial charge in [-0.25, -0.2) is 0 Å². The quantitative estimate of drug-likeness (QED) is 0.256. The van der Waals surface area contributed by atoms with Gasteiger partial charge in [0.25, 0.3) is 5.91 Å². The van der Waals surface area contributed by atoms with Gasteiger partial charge in [-0.05, 0) is 59.7 Å². The summed E-state index contributed by atoms with van der Waals surface area (Å²) < 4.78 is 1.86. The van der Waals surface area contributed by atoms with E-state index in [1.54, 1.807) is 11.3 Å². The Morgan fingerprint density at radius 3 is 2.71 bits per heavy atom. The van der Waals surface area contributed by atoms with E-state index < -0.39 is 0 Å². The summed E-state index contributed by atoms with van der Waals surface area (Å²) in [5.41, 5.74) is 10.4. The standard InChI is InChI=1S/C26H23N5OS2/c27-20-11-10-19(23-9-5-15-33-23)16-21(20)28-26(32)25-13-12-24(34-25)22-17-31(30-29-22)14-4-8-18-6-2-1-3-7-18/h1-3,5-7,9-13,15-17H,4,8,14,27H2,(H,28,32). The molecule has 0 aliphatic heterocycles. The summed E-state index contributed by atoms with van der Waals surface area (Å²) >= 11 is 3.03. The third kappa shape index (κ3) is 5.08. The van der Waals surface area contributed by atoms with Gasteiger partial charge in [-0.2, -0.15) is 0 Å². The fraction of sp³-hybridized carbons (Fsp3) is 0.115. The Hall–Kier alpha value is -3.75. The van der Waals surface area contributed by atoms with Gasteiger partial charge in [0.1, 0.15) is 5.69 Å². The number of amides is 1. The zero-order valence-corrected chi connectivity index (χ0v) is 20.0. The number of thiophene rings is 2. The van der Waals surface area contributed by atoms with E-state index in [2.05, 4.69) is 39.9 Å². The minimum absolute atomic E-state index is 0.193. The lowest BCUT2D eigenvalue weighted by atomic mass is 10.1. The van der Waals surface area contributed by atoms with Gasteiger partial charge in [0.15, 0.2) is 0 Å². The van der Waals surface area contributed by atoms with Crippen LogP contribution in [0.3, 0.4) is 0 Å². The molecule has 0 bridgehead atoms. The van der Waals surface area contributed by atoms with E-state index in [1.165, 1.54) is 16.9 Å². The van der Waals surface area contributed by atoms with Crippen LogP contribution in [0.1, 0.15) is 21.7 Å². The first-order chi connectivity index (χ1) is 16.7. The molecule has 0 saturated carbocycles. The van der Waals surface area contributed by atoms with Crippen molar-refractivity contribution in [2.45, 2.75) is 19.4 Å². The van der Waals surface area contributed by atoms with Crippen LogP contribution in [0.2, 0.25) is 0 Å². The van der Waals surface area contributed by atoms with Gasteiger partial charge in [0, 0.05) is 11.4 Å². The van der Waals surface area contributed by atoms with Gasteiger partial charge in [-0.15, -0.1) is 27.8 Å². The Labute approximate surface area is 205 Å². The van der Waals surface area contributed by atoms with E-state index in [-0.39, 0.29) is 5.91 Å². The molecule has 3 heterocycles. The number of hydrogen-bond donors (Lipinski definition) is 2. The number of carbonyl (C=O) groups is 1. The van der Waals surface area contributed by atoms with Crippen LogP contribution in [0.15, 0.2) is 84.4 Å². The summed E-state index contributed by atoms with van der Waals surface area (Å²) in [6.45, 7) is 0.792. The van der Waals surface area contributed by atoms with Crippen molar-refractivity contribution in [3.8, 4) is 21.0 Å². The van der Waals surface area contributed by atoms with E-state index in [1.807, 2.05) is 64.8 Å². The highest BCUT2D eigenvalue weighted by Crippen LogP contribution is 2.31. The van der Waals surface area contributed by atoms with Crippen LogP contribution in [0.5, 0.6) is 0 Å². The summed E-state index contributed by atoms with van der Waals surface area (Å²) in [6.07, 6.45) is 3.91. The van der Waals surface area contributed by atoms with Crippen molar-refractivity contribution in [2.75, 3.05) is 11.1 Å². The van der Waals surface area contributed by atoms with Crippen LogP contribution >= 0.6 is 22.7 Å². The number of carbonyl (C=O) groups excluding carboxylic acids is 1. The third-order valence-electron chi connectivity index (χ3n) is 5.42. The number of anilines is 2. The molecule has 0 spiro atoms. The van der Waals surface area contributed by atoms with Crippen molar-refractivity contribution in [1.82, 2.24) is 15.0 Å². The molecule has 8 heteroatoms. The average molecular weight is 486 g/mol. The second kappa shape index (κ2) is 10.0. The van der Waals surface area contributed by atoms with Gasteiger partial charge in [0.05, 0.1) is 27.3 Å². The van der Waals surface area contributed by atoms with Gasteiger partial charge >= 0.3 is 0 Å². The molecule has 3 N–H and O–H groups in total. The van der Waals surface area contributed by atoms with E-state index in [0.29, 0.717) is 16.3 Å². The van der Waals surface area contributed by atoms with Crippen molar-refractivity contribution in [3.63, 3.8) is 0 Å². The second-order valence-corrected chi connectivity index (χ2v) is 9.88. The molecule has 5 aromatic rings. The lowest BCUT2D eigenvalue weighted by Crippen LogP contribution is -2.11. The molecule has 2 aromatic carbocycles. The lowest BCUT2D eigenvalue weighted by Gasteiger charge is -2.09. The molecule has 170 valence electrons.